The number of carboxylic acid groups (broad SMARTS) is 1. The molecule has 0 saturated heterocycles. The van der Waals surface area contributed by atoms with Gasteiger partial charge in [0.15, 0.2) is 0 Å². The van der Waals surface area contributed by atoms with Crippen LogP contribution in [0.1, 0.15) is 32.3 Å². The van der Waals surface area contributed by atoms with Crippen molar-refractivity contribution < 1.29 is 14.8 Å². The van der Waals surface area contributed by atoms with E-state index in [1.54, 1.807) is 13.0 Å². The van der Waals surface area contributed by atoms with E-state index in [9.17, 15) is 14.9 Å². The molecule has 0 aliphatic heterocycles. The lowest BCUT2D eigenvalue weighted by molar-refractivity contribution is -0.384. The van der Waals surface area contributed by atoms with E-state index in [4.69, 9.17) is 5.11 Å². The molecule has 7 heteroatoms. The van der Waals surface area contributed by atoms with Gasteiger partial charge in [0.25, 0.3) is 0 Å². The predicted octanol–water partition coefficient (Wildman–Crippen LogP) is 2.85. The lowest BCUT2D eigenvalue weighted by Gasteiger charge is -2.18. The number of rotatable bonds is 8. The zero-order valence-corrected chi connectivity index (χ0v) is 12.5. The molecule has 1 aromatic rings. The van der Waals surface area contributed by atoms with Crippen molar-refractivity contribution in [2.75, 3.05) is 11.9 Å². The Balaban J connectivity index is 2.82. The summed E-state index contributed by atoms with van der Waals surface area (Å²) >= 11 is 0. The van der Waals surface area contributed by atoms with Crippen LogP contribution in [0.5, 0.6) is 0 Å². The van der Waals surface area contributed by atoms with Crippen LogP contribution in [0.3, 0.4) is 0 Å². The van der Waals surface area contributed by atoms with Crippen molar-refractivity contribution in [1.82, 2.24) is 4.98 Å². The number of nitro groups is 1. The average molecular weight is 295 g/mol. The van der Waals surface area contributed by atoms with Gasteiger partial charge in [-0.3, -0.25) is 14.9 Å². The van der Waals surface area contributed by atoms with E-state index >= 15 is 0 Å². The lowest BCUT2D eigenvalue weighted by atomic mass is 9.94. The molecule has 0 bridgehead atoms. The Morgan fingerprint density at radius 2 is 2.19 bits per heavy atom. The summed E-state index contributed by atoms with van der Waals surface area (Å²) < 4.78 is 0. The van der Waals surface area contributed by atoms with Gasteiger partial charge >= 0.3 is 11.7 Å². The van der Waals surface area contributed by atoms with Crippen molar-refractivity contribution in [3.63, 3.8) is 0 Å². The summed E-state index contributed by atoms with van der Waals surface area (Å²) in [5.41, 5.74) is 0.465. The molecule has 1 rings (SSSR count). The smallest absolute Gasteiger partial charge is 0.314 e. The maximum atomic E-state index is 11.1. The van der Waals surface area contributed by atoms with E-state index in [1.165, 1.54) is 6.20 Å². The number of anilines is 1. The number of aliphatic carboxylic acids is 1. The second kappa shape index (κ2) is 7.56. The molecule has 0 fully saturated rings. The van der Waals surface area contributed by atoms with E-state index < -0.39 is 10.9 Å². The van der Waals surface area contributed by atoms with Crippen LogP contribution in [-0.2, 0) is 4.79 Å². The van der Waals surface area contributed by atoms with Crippen molar-refractivity contribution in [3.05, 3.63) is 27.9 Å². The molecule has 0 aliphatic carbocycles. The van der Waals surface area contributed by atoms with E-state index in [0.717, 1.165) is 6.42 Å². The number of nitrogens with one attached hydrogen (secondary N) is 1. The van der Waals surface area contributed by atoms with Crippen LogP contribution < -0.4 is 5.32 Å². The number of hydrogen-bond donors (Lipinski definition) is 2. The minimum Gasteiger partial charge on any atom is -0.481 e. The van der Waals surface area contributed by atoms with Crippen molar-refractivity contribution in [2.45, 2.75) is 33.6 Å². The van der Waals surface area contributed by atoms with Crippen molar-refractivity contribution in [3.8, 4) is 0 Å². The molecular formula is C14H21N3O4. The van der Waals surface area contributed by atoms with Crippen LogP contribution in [0.15, 0.2) is 12.3 Å². The summed E-state index contributed by atoms with van der Waals surface area (Å²) in [6.45, 7) is 6.03. The van der Waals surface area contributed by atoms with Crippen LogP contribution >= 0.6 is 0 Å². The van der Waals surface area contributed by atoms with Gasteiger partial charge in [0, 0.05) is 24.7 Å². The highest BCUT2D eigenvalue weighted by atomic mass is 16.6. The van der Waals surface area contributed by atoms with Gasteiger partial charge in [-0.15, -0.1) is 0 Å². The summed E-state index contributed by atoms with van der Waals surface area (Å²) in [6, 6.07) is 1.58. The van der Waals surface area contributed by atoms with E-state index in [1.807, 2.05) is 13.8 Å². The number of carbonyl (C=O) groups is 1. The molecule has 1 atom stereocenters. The van der Waals surface area contributed by atoms with E-state index in [-0.39, 0.29) is 23.8 Å². The Bertz CT molecular complexity index is 517. The fourth-order valence-corrected chi connectivity index (χ4v) is 2.30. The summed E-state index contributed by atoms with van der Waals surface area (Å²) in [5.74, 6) is -0.408. The first-order chi connectivity index (χ1) is 9.81. The van der Waals surface area contributed by atoms with Crippen LogP contribution in [0, 0.1) is 28.9 Å². The first kappa shape index (κ1) is 16.9. The second-order valence-corrected chi connectivity index (χ2v) is 5.56. The molecular weight excluding hydrogens is 274 g/mol. The Kier molecular flexibility index (Phi) is 6.08. The molecule has 0 radical (unpaired) electrons. The topological polar surface area (TPSA) is 105 Å². The second-order valence-electron chi connectivity index (χ2n) is 5.56. The number of carboxylic acids is 1. The normalized spacial score (nSPS) is 12.2. The maximum absolute atomic E-state index is 11.1. The minimum atomic E-state index is -0.867. The summed E-state index contributed by atoms with van der Waals surface area (Å²) in [7, 11) is 0. The Labute approximate surface area is 123 Å². The van der Waals surface area contributed by atoms with Gasteiger partial charge < -0.3 is 10.4 Å². The fraction of sp³-hybridized carbons (Fsp3) is 0.571. The molecule has 2 N–H and O–H groups in total. The van der Waals surface area contributed by atoms with Crippen molar-refractivity contribution in [1.29, 1.82) is 0 Å². The molecule has 0 aromatic carbocycles. The van der Waals surface area contributed by atoms with Gasteiger partial charge in [-0.2, -0.15) is 0 Å². The molecule has 1 unspecified atom stereocenters. The van der Waals surface area contributed by atoms with Gasteiger partial charge in [0.05, 0.1) is 4.92 Å². The Hall–Kier alpha value is -2.18. The van der Waals surface area contributed by atoms with Crippen LogP contribution in [0.2, 0.25) is 0 Å². The van der Waals surface area contributed by atoms with Crippen LogP contribution in [-0.4, -0.2) is 27.5 Å². The average Bonchev–Trinajstić information content (AvgIpc) is 2.34. The zero-order valence-electron chi connectivity index (χ0n) is 12.5. The largest absolute Gasteiger partial charge is 0.481 e. The van der Waals surface area contributed by atoms with Crippen molar-refractivity contribution >= 4 is 17.5 Å². The predicted molar refractivity (Wildman–Crippen MR) is 79.3 cm³/mol. The summed E-state index contributed by atoms with van der Waals surface area (Å²) in [5, 5.41) is 22.9. The zero-order chi connectivity index (χ0) is 16.0. The molecule has 1 heterocycles. The van der Waals surface area contributed by atoms with E-state index in [0.29, 0.717) is 18.0 Å². The lowest BCUT2D eigenvalue weighted by Crippen LogP contribution is -2.20. The minimum absolute atomic E-state index is 0.0325. The number of aromatic nitrogens is 1. The Morgan fingerprint density at radius 1 is 1.52 bits per heavy atom. The number of pyridine rings is 1. The standard InChI is InChI=1S/C14H21N3O4/c1-9(2)6-11(7-12(18)19)8-16-14-13(17(20)21)10(3)4-5-15-14/h4-5,9,11H,6-8H2,1-3H3,(H,15,16)(H,18,19). The first-order valence-electron chi connectivity index (χ1n) is 6.87. The fourth-order valence-electron chi connectivity index (χ4n) is 2.30. The Morgan fingerprint density at radius 3 is 2.71 bits per heavy atom. The molecule has 116 valence electrons. The molecule has 7 nitrogen and oxygen atoms in total. The monoisotopic (exact) mass is 295 g/mol. The van der Waals surface area contributed by atoms with Gasteiger partial charge in [-0.25, -0.2) is 4.98 Å². The van der Waals surface area contributed by atoms with E-state index in [2.05, 4.69) is 10.3 Å². The SMILES string of the molecule is Cc1ccnc(NCC(CC(=O)O)CC(C)C)c1[N+](=O)[O-]. The van der Waals surface area contributed by atoms with Gasteiger partial charge in [0.1, 0.15) is 0 Å². The van der Waals surface area contributed by atoms with Gasteiger partial charge in [0.2, 0.25) is 5.82 Å². The first-order valence-corrected chi connectivity index (χ1v) is 6.87. The third-order valence-electron chi connectivity index (χ3n) is 3.13. The molecule has 0 aliphatic rings. The molecule has 0 saturated carbocycles. The van der Waals surface area contributed by atoms with Crippen LogP contribution in [0.4, 0.5) is 11.5 Å². The van der Waals surface area contributed by atoms with Gasteiger partial charge in [-0.1, -0.05) is 13.8 Å². The third kappa shape index (κ3) is 5.37. The molecule has 0 amide bonds. The number of hydrogen-bond acceptors (Lipinski definition) is 5. The van der Waals surface area contributed by atoms with Gasteiger partial charge in [-0.05, 0) is 31.2 Å². The maximum Gasteiger partial charge on any atom is 0.314 e. The molecule has 0 spiro atoms. The summed E-state index contributed by atoms with van der Waals surface area (Å²) in [6.07, 6.45) is 2.27. The number of aryl methyl sites for hydroxylation is 1. The highest BCUT2D eigenvalue weighted by Gasteiger charge is 2.20. The highest BCUT2D eigenvalue weighted by molar-refractivity contribution is 5.67. The molecule has 1 aromatic heterocycles. The highest BCUT2D eigenvalue weighted by Crippen LogP contribution is 2.26. The van der Waals surface area contributed by atoms with Crippen molar-refractivity contribution in [2.24, 2.45) is 11.8 Å². The molecule has 21 heavy (non-hydrogen) atoms. The summed E-state index contributed by atoms with van der Waals surface area (Å²) in [4.78, 5) is 25.5. The quantitative estimate of drug-likeness (QED) is 0.564. The number of nitrogens with zero attached hydrogens (tertiary/aromatic N) is 2. The van der Waals surface area contributed by atoms with Crippen LogP contribution in [0.25, 0.3) is 0 Å². The third-order valence-corrected chi connectivity index (χ3v) is 3.13.